The Kier molecular flexibility index (Phi) is 13.0. The molecule has 5 N–H and O–H groups in total. The van der Waals surface area contributed by atoms with Gasteiger partial charge in [0.15, 0.2) is 5.82 Å². The van der Waals surface area contributed by atoms with Gasteiger partial charge in [-0.25, -0.2) is 23.7 Å². The molecule has 8 rings (SSSR count). The molecule has 2 atom stereocenters. The van der Waals surface area contributed by atoms with Crippen molar-refractivity contribution in [1.29, 1.82) is 0 Å². The van der Waals surface area contributed by atoms with Gasteiger partial charge in [0.05, 0.1) is 16.8 Å². The number of anilines is 3. The summed E-state index contributed by atoms with van der Waals surface area (Å²) in [7, 11) is -2.86. The first kappa shape index (κ1) is 45.6. The number of rotatable bonds is 14. The number of piperidine rings is 2. The van der Waals surface area contributed by atoms with Crippen LogP contribution in [0.15, 0.2) is 67.3 Å². The molecular weight excluding hydrogens is 861 g/mol. The number of nitrogens with zero attached hydrogens (tertiary/aromatic N) is 7. The Labute approximate surface area is 375 Å². The second-order valence-electron chi connectivity index (χ2n) is 17.3. The zero-order valence-electron chi connectivity index (χ0n) is 36.6. The lowest BCUT2D eigenvalue weighted by molar-refractivity contribution is -0.133. The number of pyridine rings is 1. The van der Waals surface area contributed by atoms with E-state index >= 15 is 8.78 Å². The fourth-order valence-electron chi connectivity index (χ4n) is 8.79. The van der Waals surface area contributed by atoms with Crippen LogP contribution in [0.1, 0.15) is 73.9 Å². The van der Waals surface area contributed by atoms with Crippen molar-refractivity contribution in [1.82, 2.24) is 39.4 Å². The Morgan fingerprint density at radius 2 is 1.63 bits per heavy atom. The summed E-state index contributed by atoms with van der Waals surface area (Å²) < 4.78 is 58.9. The molecule has 3 aliphatic rings. The topological polar surface area (TPSA) is 209 Å². The van der Waals surface area contributed by atoms with Gasteiger partial charge in [-0.3, -0.25) is 34.2 Å². The minimum atomic E-state index is -4.15. The summed E-state index contributed by atoms with van der Waals surface area (Å²) in [5.41, 5.74) is 1.49. The van der Waals surface area contributed by atoms with Crippen molar-refractivity contribution < 1.29 is 36.7 Å². The molecule has 6 heterocycles. The van der Waals surface area contributed by atoms with Crippen LogP contribution in [-0.4, -0.2) is 136 Å². The lowest BCUT2D eigenvalue weighted by atomic mass is 9.86. The number of fused-ring (bicyclic) bond motifs is 1. The highest BCUT2D eigenvalue weighted by atomic mass is 32.2. The van der Waals surface area contributed by atoms with E-state index in [2.05, 4.69) is 76.0 Å². The average Bonchev–Trinajstić information content (AvgIpc) is 3.74. The maximum absolute atomic E-state index is 15.6. The molecule has 2 amide bonds. The van der Waals surface area contributed by atoms with Crippen LogP contribution >= 0.6 is 0 Å². The van der Waals surface area contributed by atoms with Crippen LogP contribution in [0.4, 0.5) is 26.1 Å². The van der Waals surface area contributed by atoms with Gasteiger partial charge in [0.1, 0.15) is 23.7 Å². The molecule has 17 nitrogen and oxygen atoms in total. The molecule has 3 aromatic heterocycles. The first-order valence-electron chi connectivity index (χ1n) is 21.7. The number of imide groups is 1. The van der Waals surface area contributed by atoms with Crippen molar-refractivity contribution >= 4 is 56.2 Å². The van der Waals surface area contributed by atoms with Crippen molar-refractivity contribution in [2.24, 2.45) is 0 Å². The third-order valence-electron chi connectivity index (χ3n) is 13.0. The van der Waals surface area contributed by atoms with Gasteiger partial charge in [-0.1, -0.05) is 19.1 Å². The second kappa shape index (κ2) is 18.5. The highest BCUT2D eigenvalue weighted by molar-refractivity contribution is 7.90. The molecule has 20 heteroatoms. The number of aliphatic hydroxyl groups is 1. The lowest BCUT2D eigenvalue weighted by Gasteiger charge is -2.49. The van der Waals surface area contributed by atoms with Crippen LogP contribution in [0.3, 0.4) is 0 Å². The zero-order chi connectivity index (χ0) is 46.2. The number of likely N-dealkylation sites (tertiary alicyclic amines) is 1. The molecule has 0 saturated carbocycles. The van der Waals surface area contributed by atoms with Crippen molar-refractivity contribution in [2.75, 3.05) is 67.8 Å². The van der Waals surface area contributed by atoms with Gasteiger partial charge < -0.3 is 20.3 Å². The number of H-pyrrole nitrogens is 1. The number of piperazine rings is 1. The monoisotopic (exact) mass is 913 g/mol. The fourth-order valence-corrected chi connectivity index (χ4v) is 9.72. The zero-order valence-corrected chi connectivity index (χ0v) is 37.5. The van der Waals surface area contributed by atoms with E-state index in [1.165, 1.54) is 18.8 Å². The number of halogens is 2. The lowest BCUT2D eigenvalue weighted by Crippen LogP contribution is -2.63. The number of carbonyl (C=O) groups is 3. The number of hydrogen-bond donors (Lipinski definition) is 5. The van der Waals surface area contributed by atoms with Crippen molar-refractivity contribution in [3.8, 4) is 11.1 Å². The summed E-state index contributed by atoms with van der Waals surface area (Å²) in [5.74, 6) is -3.13. The largest absolute Gasteiger partial charge is 0.376 e. The Morgan fingerprint density at radius 1 is 0.954 bits per heavy atom. The number of hydrogen-bond acceptors (Lipinski definition) is 13. The third-order valence-corrected chi connectivity index (χ3v) is 14.6. The number of nitrogens with one attached hydrogen (secondary N) is 4. The van der Waals surface area contributed by atoms with Gasteiger partial charge in [-0.2, -0.15) is 12.7 Å². The number of carbonyl (C=O) groups excluding carboxylic acids is 3. The number of ketones is 1. The maximum atomic E-state index is 15.6. The quantitative estimate of drug-likeness (QED) is 0.0772. The second-order valence-corrected chi connectivity index (χ2v) is 19.1. The highest BCUT2D eigenvalue weighted by Crippen LogP contribution is 2.35. The van der Waals surface area contributed by atoms with E-state index < -0.39 is 56.7 Å². The normalized spacial score (nSPS) is 18.8. The van der Waals surface area contributed by atoms with Gasteiger partial charge in [0.25, 0.3) is 0 Å². The molecule has 2 aromatic carbocycles. The number of aliphatic hydroxyl groups excluding tert-OH is 1. The first-order chi connectivity index (χ1) is 31.0. The molecule has 5 aromatic rings. The van der Waals surface area contributed by atoms with Gasteiger partial charge in [-0.05, 0) is 88.0 Å². The summed E-state index contributed by atoms with van der Waals surface area (Å²) in [6.45, 7) is 9.94. The molecular formula is C45H53F2N11O6S. The summed E-state index contributed by atoms with van der Waals surface area (Å²) in [4.78, 5) is 60.4. The van der Waals surface area contributed by atoms with Crippen LogP contribution in [0.25, 0.3) is 22.2 Å². The Balaban J connectivity index is 0.859. The van der Waals surface area contributed by atoms with Crippen molar-refractivity contribution in [3.05, 3.63) is 95.6 Å². The molecule has 2 unspecified atom stereocenters. The predicted octanol–water partition coefficient (Wildman–Crippen LogP) is 4.45. The maximum Gasteiger partial charge on any atom is 0.301 e. The molecule has 3 saturated heterocycles. The summed E-state index contributed by atoms with van der Waals surface area (Å²) in [6, 6.07) is 11.2. The standard InChI is InChI=1S/C45H53F2N11O6S/c1-5-55(4)65(63,64)54-35-11-10-34(46)38(39(35)47)40(60)33-26-49-41-32(33)22-29(23-48-41)30-24-50-44(51-25-30)57-20-18-56(19-21-57)43(62)45(2,3)58-16-14-28(15-17-58)27-6-8-31(9-7-27)52-36-12-13-37(59)53-42(36)61/h6-11,22-26,28,36,43,52,54,62H,5,12-21H2,1-4H3,(H,48,49)(H,53,59,61). The Bertz CT molecular complexity index is 2690. The average molecular weight is 914 g/mol. The van der Waals surface area contributed by atoms with Crippen LogP contribution in [0, 0.1) is 11.6 Å². The van der Waals surface area contributed by atoms with E-state index in [1.807, 2.05) is 12.1 Å². The number of aromatic nitrogens is 4. The van der Waals surface area contributed by atoms with E-state index in [-0.39, 0.29) is 23.9 Å². The molecule has 0 radical (unpaired) electrons. The molecule has 3 aliphatic heterocycles. The van der Waals surface area contributed by atoms with E-state index in [0.29, 0.717) is 73.0 Å². The van der Waals surface area contributed by atoms with Gasteiger partial charge in [-0.15, -0.1) is 0 Å². The van der Waals surface area contributed by atoms with Crippen molar-refractivity contribution in [3.63, 3.8) is 0 Å². The van der Waals surface area contributed by atoms with E-state index in [1.54, 1.807) is 31.6 Å². The van der Waals surface area contributed by atoms with Gasteiger partial charge in [0.2, 0.25) is 23.5 Å². The summed E-state index contributed by atoms with van der Waals surface area (Å²) in [5, 5.41) is 17.6. The number of benzene rings is 2. The Morgan fingerprint density at radius 3 is 2.29 bits per heavy atom. The van der Waals surface area contributed by atoms with Gasteiger partial charge in [0, 0.05) is 98.7 Å². The molecule has 65 heavy (non-hydrogen) atoms. The van der Waals surface area contributed by atoms with Crippen LogP contribution in [0.5, 0.6) is 0 Å². The van der Waals surface area contributed by atoms with Crippen LogP contribution in [-0.2, 0) is 19.8 Å². The van der Waals surface area contributed by atoms with Crippen LogP contribution < -0.4 is 20.3 Å². The van der Waals surface area contributed by atoms with Gasteiger partial charge >= 0.3 is 10.2 Å². The van der Waals surface area contributed by atoms with Crippen molar-refractivity contribution in [2.45, 2.75) is 70.2 Å². The minimum absolute atomic E-state index is 0.0618. The molecule has 0 spiro atoms. The Hall–Kier alpha value is -5.93. The van der Waals surface area contributed by atoms with E-state index in [9.17, 15) is 27.9 Å². The smallest absolute Gasteiger partial charge is 0.301 e. The van der Waals surface area contributed by atoms with E-state index in [4.69, 9.17) is 0 Å². The number of aromatic amines is 1. The van der Waals surface area contributed by atoms with Crippen LogP contribution in [0.2, 0.25) is 0 Å². The molecule has 0 aliphatic carbocycles. The SMILES string of the molecule is CCN(C)S(=O)(=O)Nc1ccc(F)c(C(=O)c2c[nH]c3ncc(-c4cnc(N5CCN(C(O)C(C)(C)N6CCC(c7ccc(NC8CCC(=O)NC8=O)cc7)CC6)CC5)nc4)cc23)c1F. The molecule has 0 bridgehead atoms. The minimum Gasteiger partial charge on any atom is -0.376 e. The predicted molar refractivity (Wildman–Crippen MR) is 241 cm³/mol. The summed E-state index contributed by atoms with van der Waals surface area (Å²) >= 11 is 0. The highest BCUT2D eigenvalue weighted by Gasteiger charge is 2.41. The van der Waals surface area contributed by atoms with E-state index in [0.717, 1.165) is 48.1 Å². The molecule has 3 fully saturated rings. The third kappa shape index (κ3) is 9.44. The molecule has 344 valence electrons. The number of amides is 2. The fraction of sp³-hybridized carbons (Fsp3) is 0.422. The first-order valence-corrected chi connectivity index (χ1v) is 23.2. The summed E-state index contributed by atoms with van der Waals surface area (Å²) in [6.07, 6.45) is 8.15.